The molecule has 0 radical (unpaired) electrons. The Bertz CT molecular complexity index is 172. The predicted molar refractivity (Wildman–Crippen MR) is 52.6 cm³/mol. The topological polar surface area (TPSA) is 46.3 Å². The zero-order valence-corrected chi connectivity index (χ0v) is 8.69. The largest absolute Gasteiger partial charge is 0.329 e. The van der Waals surface area contributed by atoms with Crippen LogP contribution in [0.5, 0.6) is 0 Å². The Morgan fingerprint density at radius 2 is 1.92 bits per heavy atom. The molecule has 3 nitrogen and oxygen atoms in total. The maximum absolute atomic E-state index is 11.1. The van der Waals surface area contributed by atoms with Crippen molar-refractivity contribution in [3.05, 3.63) is 0 Å². The average Bonchev–Trinajstić information content (AvgIpc) is 2.05. The third-order valence-corrected chi connectivity index (χ3v) is 3.81. The van der Waals surface area contributed by atoms with E-state index >= 15 is 0 Å². The van der Waals surface area contributed by atoms with Crippen LogP contribution < -0.4 is 5.73 Å². The Morgan fingerprint density at radius 3 is 2.33 bits per heavy atom. The van der Waals surface area contributed by atoms with Crippen LogP contribution in [0.15, 0.2) is 0 Å². The standard InChI is InChI=1S/C8H18N2OS/c1-8(2,7-9)10-3-5-12(11)6-4-10/h3-7,9H2,1-2H3. The molecule has 1 aliphatic rings. The molecule has 0 spiro atoms. The van der Waals surface area contributed by atoms with E-state index in [9.17, 15) is 4.21 Å². The van der Waals surface area contributed by atoms with Gasteiger partial charge in [-0.1, -0.05) is 0 Å². The quantitative estimate of drug-likeness (QED) is 0.655. The monoisotopic (exact) mass is 190 g/mol. The number of nitrogens with two attached hydrogens (primary N) is 1. The van der Waals surface area contributed by atoms with Gasteiger partial charge >= 0.3 is 0 Å². The molecule has 2 N–H and O–H groups in total. The van der Waals surface area contributed by atoms with Crippen molar-refractivity contribution in [3.63, 3.8) is 0 Å². The first kappa shape index (κ1) is 10.2. The second-order valence-electron chi connectivity index (χ2n) is 3.85. The highest BCUT2D eigenvalue weighted by Gasteiger charge is 2.27. The molecular weight excluding hydrogens is 172 g/mol. The van der Waals surface area contributed by atoms with E-state index in [1.807, 2.05) is 0 Å². The van der Waals surface area contributed by atoms with E-state index in [4.69, 9.17) is 5.73 Å². The van der Waals surface area contributed by atoms with Crippen LogP contribution in [-0.4, -0.2) is 45.8 Å². The van der Waals surface area contributed by atoms with Crippen LogP contribution in [0.1, 0.15) is 13.8 Å². The van der Waals surface area contributed by atoms with Crippen molar-refractivity contribution in [2.24, 2.45) is 5.73 Å². The molecule has 0 aromatic rings. The molecule has 1 fully saturated rings. The minimum atomic E-state index is -0.580. The fraction of sp³-hybridized carbons (Fsp3) is 1.00. The molecule has 4 heteroatoms. The molecule has 0 aliphatic carbocycles. The van der Waals surface area contributed by atoms with Gasteiger partial charge in [-0.25, -0.2) is 0 Å². The van der Waals surface area contributed by atoms with Crippen LogP contribution in [-0.2, 0) is 10.8 Å². The lowest BCUT2D eigenvalue weighted by molar-refractivity contribution is 0.141. The van der Waals surface area contributed by atoms with Gasteiger partial charge in [0.05, 0.1) is 0 Å². The molecule has 72 valence electrons. The van der Waals surface area contributed by atoms with Gasteiger partial charge in [-0.2, -0.15) is 0 Å². The molecule has 1 rings (SSSR count). The van der Waals surface area contributed by atoms with Crippen molar-refractivity contribution in [3.8, 4) is 0 Å². The molecule has 1 aliphatic heterocycles. The smallest absolute Gasteiger partial charge is 0.0363 e. The van der Waals surface area contributed by atoms with Gasteiger partial charge in [0.25, 0.3) is 0 Å². The minimum Gasteiger partial charge on any atom is -0.329 e. The summed E-state index contributed by atoms with van der Waals surface area (Å²) in [6.07, 6.45) is 0. The van der Waals surface area contributed by atoms with Gasteiger partial charge in [-0.15, -0.1) is 0 Å². The van der Waals surface area contributed by atoms with Crippen molar-refractivity contribution in [1.29, 1.82) is 0 Å². The summed E-state index contributed by atoms with van der Waals surface area (Å²) >= 11 is 0. The Hall–Kier alpha value is 0.0700. The van der Waals surface area contributed by atoms with Crippen LogP contribution in [0.4, 0.5) is 0 Å². The summed E-state index contributed by atoms with van der Waals surface area (Å²) in [6.45, 7) is 6.80. The van der Waals surface area contributed by atoms with Crippen LogP contribution in [0, 0.1) is 0 Å². The summed E-state index contributed by atoms with van der Waals surface area (Å²) in [7, 11) is -0.580. The van der Waals surface area contributed by atoms with E-state index in [2.05, 4.69) is 18.7 Å². The maximum Gasteiger partial charge on any atom is 0.0363 e. The molecule has 0 aromatic heterocycles. The second-order valence-corrected chi connectivity index (χ2v) is 5.55. The molecule has 0 bridgehead atoms. The average molecular weight is 190 g/mol. The van der Waals surface area contributed by atoms with Gasteiger partial charge < -0.3 is 5.73 Å². The maximum atomic E-state index is 11.1. The molecule has 0 aromatic carbocycles. The summed E-state index contributed by atoms with van der Waals surface area (Å²) < 4.78 is 11.1. The van der Waals surface area contributed by atoms with Crippen molar-refractivity contribution in [2.75, 3.05) is 31.1 Å². The highest BCUT2D eigenvalue weighted by atomic mass is 32.2. The molecular formula is C8H18N2OS. The number of nitrogens with zero attached hydrogens (tertiary/aromatic N) is 1. The molecule has 1 heterocycles. The van der Waals surface area contributed by atoms with E-state index < -0.39 is 10.8 Å². The minimum absolute atomic E-state index is 0.0740. The first-order valence-electron chi connectivity index (χ1n) is 4.36. The molecule has 0 saturated carbocycles. The van der Waals surface area contributed by atoms with Gasteiger partial charge in [-0.05, 0) is 13.8 Å². The van der Waals surface area contributed by atoms with Crippen LogP contribution in [0.25, 0.3) is 0 Å². The Kier molecular flexibility index (Phi) is 3.26. The van der Waals surface area contributed by atoms with E-state index in [0.29, 0.717) is 6.54 Å². The summed E-state index contributed by atoms with van der Waals surface area (Å²) in [6, 6.07) is 0. The van der Waals surface area contributed by atoms with Gasteiger partial charge in [-0.3, -0.25) is 9.11 Å². The summed E-state index contributed by atoms with van der Waals surface area (Å²) in [4.78, 5) is 2.33. The van der Waals surface area contributed by atoms with Crippen LogP contribution in [0.2, 0.25) is 0 Å². The Balaban J connectivity index is 2.49. The molecule has 0 unspecified atom stereocenters. The predicted octanol–water partition coefficient (Wildman–Crippen LogP) is -0.212. The summed E-state index contributed by atoms with van der Waals surface area (Å²) in [5.74, 6) is 1.62. The number of rotatable bonds is 2. The lowest BCUT2D eigenvalue weighted by atomic mass is 10.0. The highest BCUT2D eigenvalue weighted by molar-refractivity contribution is 7.85. The van der Waals surface area contributed by atoms with E-state index in [1.54, 1.807) is 0 Å². The third-order valence-electron chi connectivity index (χ3n) is 2.53. The van der Waals surface area contributed by atoms with Crippen molar-refractivity contribution < 1.29 is 4.21 Å². The molecule has 1 saturated heterocycles. The van der Waals surface area contributed by atoms with Gasteiger partial charge in [0, 0.05) is 47.5 Å². The zero-order chi connectivity index (χ0) is 9.19. The third kappa shape index (κ3) is 2.28. The fourth-order valence-corrected chi connectivity index (χ4v) is 2.42. The van der Waals surface area contributed by atoms with Gasteiger partial charge in [0.1, 0.15) is 0 Å². The SMILES string of the molecule is CC(C)(CN)N1CCS(=O)CC1. The van der Waals surface area contributed by atoms with Crippen molar-refractivity contribution in [2.45, 2.75) is 19.4 Å². The first-order chi connectivity index (χ1) is 5.56. The van der Waals surface area contributed by atoms with Crippen LogP contribution >= 0.6 is 0 Å². The lowest BCUT2D eigenvalue weighted by Gasteiger charge is -2.39. The summed E-state index contributed by atoms with van der Waals surface area (Å²) in [5.41, 5.74) is 5.73. The Morgan fingerprint density at radius 1 is 1.42 bits per heavy atom. The zero-order valence-electron chi connectivity index (χ0n) is 7.88. The fourth-order valence-electron chi connectivity index (χ4n) is 1.37. The second kappa shape index (κ2) is 3.85. The van der Waals surface area contributed by atoms with E-state index in [-0.39, 0.29) is 5.54 Å². The van der Waals surface area contributed by atoms with Gasteiger partial charge in [0.2, 0.25) is 0 Å². The molecule has 12 heavy (non-hydrogen) atoms. The molecule has 0 amide bonds. The van der Waals surface area contributed by atoms with E-state index in [1.165, 1.54) is 0 Å². The Labute approximate surface area is 76.8 Å². The number of hydrogen-bond donors (Lipinski definition) is 1. The first-order valence-corrected chi connectivity index (χ1v) is 5.85. The van der Waals surface area contributed by atoms with Crippen molar-refractivity contribution >= 4 is 10.8 Å². The van der Waals surface area contributed by atoms with Crippen molar-refractivity contribution in [1.82, 2.24) is 4.90 Å². The highest BCUT2D eigenvalue weighted by Crippen LogP contribution is 2.14. The normalized spacial score (nSPS) is 22.9. The number of hydrogen-bond acceptors (Lipinski definition) is 3. The van der Waals surface area contributed by atoms with Crippen LogP contribution in [0.3, 0.4) is 0 Å². The molecule has 0 atom stereocenters. The summed E-state index contributed by atoms with van der Waals surface area (Å²) in [5, 5.41) is 0. The van der Waals surface area contributed by atoms with Gasteiger partial charge in [0.15, 0.2) is 0 Å². The van der Waals surface area contributed by atoms with E-state index in [0.717, 1.165) is 24.6 Å². The lowest BCUT2D eigenvalue weighted by Crippen LogP contribution is -2.54.